The van der Waals surface area contributed by atoms with Crippen molar-refractivity contribution < 1.29 is 9.53 Å². The summed E-state index contributed by atoms with van der Waals surface area (Å²) in [5.41, 5.74) is 0.498. The lowest BCUT2D eigenvalue weighted by molar-refractivity contribution is 0.0938. The van der Waals surface area contributed by atoms with Gasteiger partial charge >= 0.3 is 0 Å². The van der Waals surface area contributed by atoms with E-state index in [2.05, 4.69) is 20.2 Å². The highest BCUT2D eigenvalue weighted by Gasteiger charge is 2.15. The molecule has 1 fully saturated rings. The van der Waals surface area contributed by atoms with Crippen LogP contribution in [0.15, 0.2) is 12.4 Å². The van der Waals surface area contributed by atoms with Gasteiger partial charge in [-0.3, -0.25) is 4.79 Å². The third kappa shape index (κ3) is 3.64. The summed E-state index contributed by atoms with van der Waals surface area (Å²) in [5.74, 6) is 0.534. The molecule has 1 amide bonds. The lowest BCUT2D eigenvalue weighted by Gasteiger charge is -2.26. The Morgan fingerprint density at radius 3 is 2.63 bits per heavy atom. The van der Waals surface area contributed by atoms with Gasteiger partial charge in [-0.1, -0.05) is 6.92 Å². The van der Waals surface area contributed by atoms with Crippen LogP contribution in [0.5, 0.6) is 0 Å². The summed E-state index contributed by atoms with van der Waals surface area (Å²) < 4.78 is 5.28. The van der Waals surface area contributed by atoms with Crippen LogP contribution in [-0.4, -0.2) is 48.2 Å². The molecular weight excluding hydrogens is 244 g/mol. The maximum absolute atomic E-state index is 11.9. The number of anilines is 1. The number of morpholine rings is 1. The molecule has 1 atom stereocenters. The molecule has 1 unspecified atom stereocenters. The normalized spacial score (nSPS) is 17.1. The van der Waals surface area contributed by atoms with Gasteiger partial charge in [0.05, 0.1) is 18.8 Å². The zero-order chi connectivity index (χ0) is 13.7. The molecule has 0 aliphatic carbocycles. The summed E-state index contributed by atoms with van der Waals surface area (Å²) in [6, 6.07) is 0.159. The van der Waals surface area contributed by atoms with Crippen LogP contribution in [0.25, 0.3) is 0 Å². The number of amides is 1. The van der Waals surface area contributed by atoms with Gasteiger partial charge in [0, 0.05) is 31.5 Å². The average Bonchev–Trinajstić information content (AvgIpc) is 2.48. The molecule has 1 saturated heterocycles. The molecule has 2 heterocycles. The van der Waals surface area contributed by atoms with Crippen molar-refractivity contribution in [1.29, 1.82) is 0 Å². The minimum atomic E-state index is -0.122. The van der Waals surface area contributed by atoms with E-state index in [4.69, 9.17) is 4.74 Å². The molecule has 0 saturated carbocycles. The second kappa shape index (κ2) is 6.47. The fraction of sp³-hybridized carbons (Fsp3) is 0.615. The summed E-state index contributed by atoms with van der Waals surface area (Å²) in [6.07, 6.45) is 4.06. The summed E-state index contributed by atoms with van der Waals surface area (Å²) in [6.45, 7) is 6.97. The lowest BCUT2D eigenvalue weighted by atomic mass is 10.2. The number of aromatic nitrogens is 2. The molecule has 19 heavy (non-hydrogen) atoms. The zero-order valence-corrected chi connectivity index (χ0v) is 11.4. The predicted molar refractivity (Wildman–Crippen MR) is 72.3 cm³/mol. The van der Waals surface area contributed by atoms with E-state index in [1.165, 1.54) is 0 Å². The maximum Gasteiger partial charge on any atom is 0.254 e. The Balaban J connectivity index is 1.99. The number of ether oxygens (including phenoxy) is 1. The molecule has 1 aliphatic rings. The van der Waals surface area contributed by atoms with Crippen LogP contribution in [0, 0.1) is 0 Å². The topological polar surface area (TPSA) is 67.4 Å². The van der Waals surface area contributed by atoms with Crippen molar-refractivity contribution in [2.75, 3.05) is 31.2 Å². The Labute approximate surface area is 113 Å². The molecule has 0 radical (unpaired) electrons. The van der Waals surface area contributed by atoms with Gasteiger partial charge in [-0.2, -0.15) is 0 Å². The first-order chi connectivity index (χ1) is 9.20. The van der Waals surface area contributed by atoms with Gasteiger partial charge in [0.25, 0.3) is 5.91 Å². The number of hydrogen-bond acceptors (Lipinski definition) is 5. The molecule has 1 aliphatic heterocycles. The Morgan fingerprint density at radius 2 is 2.05 bits per heavy atom. The van der Waals surface area contributed by atoms with Crippen LogP contribution in [-0.2, 0) is 4.74 Å². The average molecular weight is 264 g/mol. The second-order valence-corrected chi connectivity index (χ2v) is 4.65. The third-order valence-corrected chi connectivity index (χ3v) is 3.18. The van der Waals surface area contributed by atoms with Crippen LogP contribution < -0.4 is 10.2 Å². The van der Waals surface area contributed by atoms with Crippen molar-refractivity contribution in [2.45, 2.75) is 26.3 Å². The highest BCUT2D eigenvalue weighted by Crippen LogP contribution is 2.09. The van der Waals surface area contributed by atoms with Crippen molar-refractivity contribution in [3.8, 4) is 0 Å². The van der Waals surface area contributed by atoms with E-state index < -0.39 is 0 Å². The molecule has 0 bridgehead atoms. The van der Waals surface area contributed by atoms with Crippen molar-refractivity contribution in [3.05, 3.63) is 18.0 Å². The SMILES string of the molecule is CCC(C)NC(=O)c1cnc(N2CCOCC2)nc1. The van der Waals surface area contributed by atoms with Gasteiger partial charge in [0.2, 0.25) is 5.95 Å². The Morgan fingerprint density at radius 1 is 1.42 bits per heavy atom. The summed E-state index contributed by atoms with van der Waals surface area (Å²) in [4.78, 5) is 22.4. The van der Waals surface area contributed by atoms with Crippen molar-refractivity contribution >= 4 is 11.9 Å². The minimum Gasteiger partial charge on any atom is -0.378 e. The van der Waals surface area contributed by atoms with Crippen molar-refractivity contribution in [1.82, 2.24) is 15.3 Å². The quantitative estimate of drug-likeness (QED) is 0.873. The predicted octanol–water partition coefficient (Wildman–Crippen LogP) is 0.841. The van der Waals surface area contributed by atoms with E-state index in [-0.39, 0.29) is 11.9 Å². The molecular formula is C13H20N4O2. The minimum absolute atomic E-state index is 0.122. The molecule has 1 N–H and O–H groups in total. The molecule has 2 rings (SSSR count). The molecule has 6 heteroatoms. The molecule has 104 valence electrons. The van der Waals surface area contributed by atoms with E-state index in [1.54, 1.807) is 12.4 Å². The first-order valence-electron chi connectivity index (χ1n) is 6.66. The van der Waals surface area contributed by atoms with Crippen LogP contribution in [0.4, 0.5) is 5.95 Å². The van der Waals surface area contributed by atoms with E-state index >= 15 is 0 Å². The monoisotopic (exact) mass is 264 g/mol. The second-order valence-electron chi connectivity index (χ2n) is 4.65. The van der Waals surface area contributed by atoms with Crippen molar-refractivity contribution in [3.63, 3.8) is 0 Å². The van der Waals surface area contributed by atoms with E-state index in [0.29, 0.717) is 24.7 Å². The standard InChI is InChI=1S/C13H20N4O2/c1-3-10(2)16-12(18)11-8-14-13(15-9-11)17-4-6-19-7-5-17/h8-10H,3-7H2,1-2H3,(H,16,18). The zero-order valence-electron chi connectivity index (χ0n) is 11.4. The van der Waals surface area contributed by atoms with Gasteiger partial charge in [0.15, 0.2) is 0 Å². The largest absolute Gasteiger partial charge is 0.378 e. The van der Waals surface area contributed by atoms with E-state index in [1.807, 2.05) is 13.8 Å². The summed E-state index contributed by atoms with van der Waals surface area (Å²) in [5, 5.41) is 2.89. The third-order valence-electron chi connectivity index (χ3n) is 3.18. The highest BCUT2D eigenvalue weighted by molar-refractivity contribution is 5.93. The van der Waals surface area contributed by atoms with Gasteiger partial charge in [-0.15, -0.1) is 0 Å². The van der Waals surface area contributed by atoms with Crippen LogP contribution in [0.3, 0.4) is 0 Å². The first kappa shape index (κ1) is 13.7. The Hall–Kier alpha value is -1.69. The molecule has 0 aromatic carbocycles. The van der Waals surface area contributed by atoms with Gasteiger partial charge in [-0.05, 0) is 13.3 Å². The smallest absolute Gasteiger partial charge is 0.254 e. The Bertz CT molecular complexity index is 415. The van der Waals surface area contributed by atoms with Crippen LogP contribution in [0.1, 0.15) is 30.6 Å². The number of rotatable bonds is 4. The lowest BCUT2D eigenvalue weighted by Crippen LogP contribution is -2.37. The fourth-order valence-electron chi connectivity index (χ4n) is 1.77. The van der Waals surface area contributed by atoms with Crippen LogP contribution in [0.2, 0.25) is 0 Å². The van der Waals surface area contributed by atoms with Gasteiger partial charge < -0.3 is 15.0 Å². The van der Waals surface area contributed by atoms with Crippen LogP contribution >= 0.6 is 0 Å². The number of hydrogen-bond donors (Lipinski definition) is 1. The number of carbonyl (C=O) groups excluding carboxylic acids is 1. The van der Waals surface area contributed by atoms with E-state index in [0.717, 1.165) is 19.5 Å². The van der Waals surface area contributed by atoms with Gasteiger partial charge in [-0.25, -0.2) is 9.97 Å². The Kier molecular flexibility index (Phi) is 4.68. The van der Waals surface area contributed by atoms with Gasteiger partial charge in [0.1, 0.15) is 0 Å². The number of nitrogens with one attached hydrogen (secondary N) is 1. The maximum atomic E-state index is 11.9. The summed E-state index contributed by atoms with van der Waals surface area (Å²) >= 11 is 0. The molecule has 1 aromatic heterocycles. The molecule has 6 nitrogen and oxygen atoms in total. The number of nitrogens with zero attached hydrogens (tertiary/aromatic N) is 3. The molecule has 0 spiro atoms. The number of carbonyl (C=O) groups is 1. The van der Waals surface area contributed by atoms with Crippen molar-refractivity contribution in [2.24, 2.45) is 0 Å². The first-order valence-corrected chi connectivity index (χ1v) is 6.66. The van der Waals surface area contributed by atoms with E-state index in [9.17, 15) is 4.79 Å². The molecule has 1 aromatic rings. The fourth-order valence-corrected chi connectivity index (χ4v) is 1.77. The summed E-state index contributed by atoms with van der Waals surface area (Å²) in [7, 11) is 0. The highest BCUT2D eigenvalue weighted by atomic mass is 16.5.